The van der Waals surface area contributed by atoms with Crippen LogP contribution >= 0.6 is 11.8 Å². The summed E-state index contributed by atoms with van der Waals surface area (Å²) in [6.07, 6.45) is 2.17. The van der Waals surface area contributed by atoms with Crippen LogP contribution in [0.25, 0.3) is 0 Å². The van der Waals surface area contributed by atoms with Gasteiger partial charge >= 0.3 is 0 Å². The van der Waals surface area contributed by atoms with E-state index in [1.165, 1.54) is 6.07 Å². The lowest BCUT2D eigenvalue weighted by atomic mass is 10.2. The topological polar surface area (TPSA) is 24.4 Å². The smallest absolute Gasteiger partial charge is 0.157 e. The molecular weight excluding hydrogens is 254 g/mol. The van der Waals surface area contributed by atoms with Gasteiger partial charge in [0.25, 0.3) is 0 Å². The third-order valence-corrected chi connectivity index (χ3v) is 3.89. The molecule has 1 aromatic rings. The molecule has 0 radical (unpaired) electrons. The van der Waals surface area contributed by atoms with Crippen LogP contribution in [0, 0.1) is 11.6 Å². The standard InChI is InChI=1S/C13H16F2N2S/c1-2-11-5-6-18-13(17-11)16-8-9-7-10(14)3-4-12(9)15/h3-4,7,11H,2,5-6,8H2,1H3,(H,16,17). The SMILES string of the molecule is CCC1CCSC(=NCc2cc(F)ccc2F)N1. The zero-order valence-corrected chi connectivity index (χ0v) is 11.1. The summed E-state index contributed by atoms with van der Waals surface area (Å²) in [6, 6.07) is 3.90. The molecule has 1 aromatic carbocycles. The van der Waals surface area contributed by atoms with Crippen molar-refractivity contribution in [2.45, 2.75) is 32.4 Å². The highest BCUT2D eigenvalue weighted by Gasteiger charge is 2.15. The van der Waals surface area contributed by atoms with E-state index in [0.29, 0.717) is 11.6 Å². The Kier molecular flexibility index (Phi) is 4.58. The molecule has 0 saturated carbocycles. The average Bonchev–Trinajstić information content (AvgIpc) is 2.40. The number of benzene rings is 1. The minimum Gasteiger partial charge on any atom is -0.362 e. The van der Waals surface area contributed by atoms with E-state index in [0.717, 1.165) is 35.9 Å². The van der Waals surface area contributed by atoms with Gasteiger partial charge in [0.05, 0.1) is 6.54 Å². The summed E-state index contributed by atoms with van der Waals surface area (Å²) in [7, 11) is 0. The van der Waals surface area contributed by atoms with Gasteiger partial charge in [-0.3, -0.25) is 4.99 Å². The van der Waals surface area contributed by atoms with E-state index in [9.17, 15) is 8.78 Å². The zero-order valence-electron chi connectivity index (χ0n) is 10.2. The lowest BCUT2D eigenvalue weighted by Gasteiger charge is -2.24. The normalized spacial score (nSPS) is 21.9. The maximum absolute atomic E-state index is 13.4. The number of nitrogens with one attached hydrogen (secondary N) is 1. The first-order valence-electron chi connectivity index (χ1n) is 6.06. The molecular formula is C13H16F2N2S. The van der Waals surface area contributed by atoms with Crippen LogP contribution in [0.4, 0.5) is 8.78 Å². The van der Waals surface area contributed by atoms with Gasteiger partial charge in [-0.1, -0.05) is 18.7 Å². The Morgan fingerprint density at radius 3 is 3.06 bits per heavy atom. The number of aliphatic imine (C=N–C) groups is 1. The van der Waals surface area contributed by atoms with E-state index in [2.05, 4.69) is 17.2 Å². The molecule has 2 nitrogen and oxygen atoms in total. The summed E-state index contributed by atoms with van der Waals surface area (Å²) in [5, 5.41) is 4.13. The number of rotatable bonds is 3. The quantitative estimate of drug-likeness (QED) is 0.911. The largest absolute Gasteiger partial charge is 0.362 e. The van der Waals surface area contributed by atoms with Gasteiger partial charge in [-0.25, -0.2) is 8.78 Å². The van der Waals surface area contributed by atoms with Gasteiger partial charge in [-0.2, -0.15) is 0 Å². The highest BCUT2D eigenvalue weighted by atomic mass is 32.2. The zero-order chi connectivity index (χ0) is 13.0. The maximum atomic E-state index is 13.4. The van der Waals surface area contributed by atoms with E-state index in [4.69, 9.17) is 0 Å². The van der Waals surface area contributed by atoms with Gasteiger partial charge in [-0.15, -0.1) is 0 Å². The third kappa shape index (κ3) is 3.45. The lowest BCUT2D eigenvalue weighted by Crippen LogP contribution is -2.37. The number of amidine groups is 1. The second-order valence-corrected chi connectivity index (χ2v) is 5.33. The van der Waals surface area contributed by atoms with Crippen LogP contribution in [0.1, 0.15) is 25.3 Å². The Bertz CT molecular complexity index is 449. The monoisotopic (exact) mass is 270 g/mol. The summed E-state index contributed by atoms with van der Waals surface area (Å²) in [5.74, 6) is 0.187. The molecule has 2 rings (SSSR count). The molecule has 0 amide bonds. The highest BCUT2D eigenvalue weighted by Crippen LogP contribution is 2.17. The van der Waals surface area contributed by atoms with Crippen molar-refractivity contribution in [3.63, 3.8) is 0 Å². The van der Waals surface area contributed by atoms with Crippen LogP contribution < -0.4 is 5.32 Å². The van der Waals surface area contributed by atoms with Crippen LogP contribution in [-0.2, 0) is 6.54 Å². The molecule has 0 spiro atoms. The summed E-state index contributed by atoms with van der Waals surface area (Å²) < 4.78 is 26.4. The Morgan fingerprint density at radius 2 is 2.28 bits per heavy atom. The highest BCUT2D eigenvalue weighted by molar-refractivity contribution is 8.13. The predicted octanol–water partition coefficient (Wildman–Crippen LogP) is 3.33. The molecule has 0 aromatic heterocycles. The molecule has 1 aliphatic heterocycles. The van der Waals surface area contributed by atoms with Gasteiger partial charge in [0, 0.05) is 17.4 Å². The molecule has 0 aliphatic carbocycles. The summed E-state index contributed by atoms with van der Waals surface area (Å²) in [5.41, 5.74) is 0.295. The molecule has 1 saturated heterocycles. The van der Waals surface area contributed by atoms with Crippen molar-refractivity contribution in [2.24, 2.45) is 4.99 Å². The van der Waals surface area contributed by atoms with Crippen molar-refractivity contribution < 1.29 is 8.78 Å². The predicted molar refractivity (Wildman–Crippen MR) is 71.8 cm³/mol. The maximum Gasteiger partial charge on any atom is 0.157 e. The molecule has 1 aliphatic rings. The van der Waals surface area contributed by atoms with Crippen LogP contribution in [0.2, 0.25) is 0 Å². The molecule has 1 unspecified atom stereocenters. The molecule has 1 fully saturated rings. The molecule has 1 atom stereocenters. The number of hydrogen-bond donors (Lipinski definition) is 1. The average molecular weight is 270 g/mol. The third-order valence-electron chi connectivity index (χ3n) is 2.93. The van der Waals surface area contributed by atoms with Gasteiger partial charge in [0.1, 0.15) is 11.6 Å². The van der Waals surface area contributed by atoms with Crippen molar-refractivity contribution in [1.29, 1.82) is 0 Å². The van der Waals surface area contributed by atoms with Crippen LogP contribution in [0.15, 0.2) is 23.2 Å². The first-order valence-corrected chi connectivity index (χ1v) is 7.05. The number of nitrogens with zero attached hydrogens (tertiary/aromatic N) is 1. The minimum absolute atomic E-state index is 0.176. The minimum atomic E-state index is -0.428. The van der Waals surface area contributed by atoms with Gasteiger partial charge in [0.2, 0.25) is 0 Å². The van der Waals surface area contributed by atoms with Gasteiger partial charge in [-0.05, 0) is 31.0 Å². The first kappa shape index (κ1) is 13.3. The van der Waals surface area contributed by atoms with Crippen LogP contribution in [0.5, 0.6) is 0 Å². The fraction of sp³-hybridized carbons (Fsp3) is 0.462. The van der Waals surface area contributed by atoms with Crippen molar-refractivity contribution in [3.05, 3.63) is 35.4 Å². The van der Waals surface area contributed by atoms with Crippen LogP contribution in [0.3, 0.4) is 0 Å². The fourth-order valence-electron chi connectivity index (χ4n) is 1.81. The van der Waals surface area contributed by atoms with E-state index >= 15 is 0 Å². The Labute approximate surface area is 110 Å². The summed E-state index contributed by atoms with van der Waals surface area (Å²) in [6.45, 7) is 2.30. The fourth-order valence-corrected chi connectivity index (χ4v) is 2.81. The van der Waals surface area contributed by atoms with E-state index < -0.39 is 11.6 Å². The van der Waals surface area contributed by atoms with E-state index in [1.807, 2.05) is 0 Å². The Hall–Kier alpha value is -1.10. The lowest BCUT2D eigenvalue weighted by molar-refractivity contribution is 0.569. The number of hydrogen-bond acceptors (Lipinski definition) is 2. The molecule has 18 heavy (non-hydrogen) atoms. The molecule has 5 heteroatoms. The second kappa shape index (κ2) is 6.18. The molecule has 0 bridgehead atoms. The van der Waals surface area contributed by atoms with Gasteiger partial charge < -0.3 is 5.32 Å². The van der Waals surface area contributed by atoms with Crippen molar-refractivity contribution in [2.75, 3.05) is 5.75 Å². The van der Waals surface area contributed by atoms with Crippen molar-refractivity contribution in [3.8, 4) is 0 Å². The van der Waals surface area contributed by atoms with E-state index in [-0.39, 0.29) is 6.54 Å². The number of halogens is 2. The molecule has 98 valence electrons. The Morgan fingerprint density at radius 1 is 1.44 bits per heavy atom. The first-order chi connectivity index (χ1) is 8.69. The second-order valence-electron chi connectivity index (χ2n) is 4.24. The van der Waals surface area contributed by atoms with Crippen molar-refractivity contribution in [1.82, 2.24) is 5.32 Å². The van der Waals surface area contributed by atoms with Crippen LogP contribution in [-0.4, -0.2) is 17.0 Å². The molecule has 1 heterocycles. The van der Waals surface area contributed by atoms with E-state index in [1.54, 1.807) is 11.8 Å². The summed E-state index contributed by atoms with van der Waals surface area (Å²) >= 11 is 1.63. The van der Waals surface area contributed by atoms with Crippen molar-refractivity contribution >= 4 is 16.9 Å². The number of thioether (sulfide) groups is 1. The van der Waals surface area contributed by atoms with Gasteiger partial charge in [0.15, 0.2) is 5.17 Å². The molecule has 1 N–H and O–H groups in total. The Balaban J connectivity index is 2.03. The summed E-state index contributed by atoms with van der Waals surface area (Å²) in [4.78, 5) is 4.32.